The van der Waals surface area contributed by atoms with E-state index in [-0.39, 0.29) is 29.9 Å². The van der Waals surface area contributed by atoms with Crippen molar-refractivity contribution in [1.82, 2.24) is 15.5 Å². The number of nitrogens with zero attached hydrogens (tertiary/aromatic N) is 2. The van der Waals surface area contributed by atoms with Crippen LogP contribution in [-0.2, 0) is 4.79 Å². The molecule has 1 saturated heterocycles. The van der Waals surface area contributed by atoms with Crippen LogP contribution in [0.1, 0.15) is 46.0 Å². The molecule has 0 bridgehead atoms. The van der Waals surface area contributed by atoms with Crippen molar-refractivity contribution in [3.63, 3.8) is 0 Å². The van der Waals surface area contributed by atoms with Gasteiger partial charge < -0.3 is 15.5 Å². The second kappa shape index (κ2) is 12.1. The third-order valence-corrected chi connectivity index (χ3v) is 4.05. The standard InChI is InChI=1S/C15H30N4O.HI/c1-4-13(5-2)11-17-15(16-3)18-12-14(20)19-9-7-6-8-10-19;/h13H,4-12H2,1-3H3,(H2,16,17,18);1H. The van der Waals surface area contributed by atoms with Crippen molar-refractivity contribution in [3.8, 4) is 0 Å². The second-order valence-corrected chi connectivity index (χ2v) is 5.43. The van der Waals surface area contributed by atoms with Gasteiger partial charge in [0.2, 0.25) is 5.91 Å². The Kier molecular flexibility index (Phi) is 11.8. The molecule has 2 N–H and O–H groups in total. The van der Waals surface area contributed by atoms with Gasteiger partial charge in [0.25, 0.3) is 0 Å². The number of piperidine rings is 1. The van der Waals surface area contributed by atoms with E-state index in [0.717, 1.165) is 51.3 Å². The molecule has 0 aliphatic carbocycles. The highest BCUT2D eigenvalue weighted by atomic mass is 127. The van der Waals surface area contributed by atoms with Gasteiger partial charge in [-0.25, -0.2) is 0 Å². The molecule has 5 nitrogen and oxygen atoms in total. The minimum Gasteiger partial charge on any atom is -0.356 e. The predicted octanol–water partition coefficient (Wildman–Crippen LogP) is 2.22. The third kappa shape index (κ3) is 7.87. The smallest absolute Gasteiger partial charge is 0.241 e. The van der Waals surface area contributed by atoms with Crippen LogP contribution in [0.3, 0.4) is 0 Å². The van der Waals surface area contributed by atoms with Crippen molar-refractivity contribution in [1.29, 1.82) is 0 Å². The Morgan fingerprint density at radius 2 is 1.76 bits per heavy atom. The van der Waals surface area contributed by atoms with Crippen LogP contribution in [0, 0.1) is 5.92 Å². The van der Waals surface area contributed by atoms with E-state index in [1.165, 1.54) is 6.42 Å². The van der Waals surface area contributed by atoms with Gasteiger partial charge in [-0.1, -0.05) is 26.7 Å². The van der Waals surface area contributed by atoms with E-state index in [1.54, 1.807) is 7.05 Å². The number of halogens is 1. The van der Waals surface area contributed by atoms with Crippen molar-refractivity contribution in [3.05, 3.63) is 0 Å². The molecule has 124 valence electrons. The van der Waals surface area contributed by atoms with Gasteiger partial charge in [-0.05, 0) is 25.2 Å². The number of hydrogen-bond donors (Lipinski definition) is 2. The Balaban J connectivity index is 0.00000400. The summed E-state index contributed by atoms with van der Waals surface area (Å²) in [5, 5.41) is 6.42. The van der Waals surface area contributed by atoms with E-state index in [4.69, 9.17) is 0 Å². The van der Waals surface area contributed by atoms with Crippen LogP contribution in [0.4, 0.5) is 0 Å². The molecular weight excluding hydrogens is 379 g/mol. The Morgan fingerprint density at radius 3 is 2.29 bits per heavy atom. The molecule has 1 aliphatic heterocycles. The minimum atomic E-state index is 0. The van der Waals surface area contributed by atoms with Crippen molar-refractivity contribution < 1.29 is 4.79 Å². The van der Waals surface area contributed by atoms with Crippen LogP contribution in [0.5, 0.6) is 0 Å². The van der Waals surface area contributed by atoms with E-state index in [0.29, 0.717) is 12.5 Å². The number of nitrogens with one attached hydrogen (secondary N) is 2. The number of hydrogen-bond acceptors (Lipinski definition) is 2. The lowest BCUT2D eigenvalue weighted by Crippen LogP contribution is -2.46. The molecule has 0 unspecified atom stereocenters. The number of guanidine groups is 1. The largest absolute Gasteiger partial charge is 0.356 e. The zero-order chi connectivity index (χ0) is 14.8. The summed E-state index contributed by atoms with van der Waals surface area (Å²) in [7, 11) is 1.74. The maximum Gasteiger partial charge on any atom is 0.241 e. The van der Waals surface area contributed by atoms with Crippen molar-refractivity contribution >= 4 is 35.8 Å². The van der Waals surface area contributed by atoms with Gasteiger partial charge in [0.1, 0.15) is 0 Å². The number of likely N-dealkylation sites (tertiary alicyclic amines) is 1. The van der Waals surface area contributed by atoms with Crippen LogP contribution in [0.2, 0.25) is 0 Å². The fraction of sp³-hybridized carbons (Fsp3) is 0.867. The zero-order valence-electron chi connectivity index (χ0n) is 13.7. The van der Waals surface area contributed by atoms with E-state index < -0.39 is 0 Å². The summed E-state index contributed by atoms with van der Waals surface area (Å²) >= 11 is 0. The van der Waals surface area contributed by atoms with Gasteiger partial charge in [0, 0.05) is 26.7 Å². The zero-order valence-corrected chi connectivity index (χ0v) is 16.0. The number of carbonyl (C=O) groups excluding carboxylic acids is 1. The van der Waals surface area contributed by atoms with Gasteiger partial charge in [-0.3, -0.25) is 9.79 Å². The molecule has 0 aromatic carbocycles. The van der Waals surface area contributed by atoms with Gasteiger partial charge in [0.15, 0.2) is 5.96 Å². The summed E-state index contributed by atoms with van der Waals surface area (Å²) in [5.74, 6) is 1.56. The molecule has 0 aromatic rings. The highest BCUT2D eigenvalue weighted by molar-refractivity contribution is 14.0. The normalized spacial score (nSPS) is 15.6. The molecule has 1 aliphatic rings. The van der Waals surface area contributed by atoms with Crippen molar-refractivity contribution in [2.75, 3.05) is 33.2 Å². The number of carbonyl (C=O) groups is 1. The molecule has 0 aromatic heterocycles. The monoisotopic (exact) mass is 410 g/mol. The van der Waals surface area contributed by atoms with Gasteiger partial charge in [0.05, 0.1) is 6.54 Å². The molecule has 1 heterocycles. The lowest BCUT2D eigenvalue weighted by molar-refractivity contribution is -0.130. The quantitative estimate of drug-likeness (QED) is 0.401. The fourth-order valence-corrected chi connectivity index (χ4v) is 2.45. The molecule has 0 spiro atoms. The first-order valence-electron chi connectivity index (χ1n) is 7.93. The van der Waals surface area contributed by atoms with E-state index in [9.17, 15) is 4.79 Å². The maximum atomic E-state index is 12.0. The van der Waals surface area contributed by atoms with E-state index in [2.05, 4.69) is 29.5 Å². The van der Waals surface area contributed by atoms with E-state index >= 15 is 0 Å². The first-order chi connectivity index (χ1) is 9.71. The lowest BCUT2D eigenvalue weighted by atomic mass is 10.0. The molecule has 0 atom stereocenters. The molecular formula is C15H31IN4O. The molecule has 0 saturated carbocycles. The highest BCUT2D eigenvalue weighted by Gasteiger charge is 2.16. The number of aliphatic imine (C=N–C) groups is 1. The van der Waals surface area contributed by atoms with Crippen LogP contribution in [0.25, 0.3) is 0 Å². The van der Waals surface area contributed by atoms with Crippen molar-refractivity contribution in [2.45, 2.75) is 46.0 Å². The summed E-state index contributed by atoms with van der Waals surface area (Å²) < 4.78 is 0. The van der Waals surface area contributed by atoms with Crippen LogP contribution >= 0.6 is 24.0 Å². The molecule has 1 fully saturated rings. The summed E-state index contributed by atoms with van der Waals surface area (Å²) in [4.78, 5) is 18.2. The van der Waals surface area contributed by atoms with Crippen LogP contribution < -0.4 is 10.6 Å². The molecule has 6 heteroatoms. The second-order valence-electron chi connectivity index (χ2n) is 5.43. The third-order valence-electron chi connectivity index (χ3n) is 4.05. The highest BCUT2D eigenvalue weighted by Crippen LogP contribution is 2.08. The molecule has 1 rings (SSSR count). The Bertz CT molecular complexity index is 313. The number of amides is 1. The molecule has 21 heavy (non-hydrogen) atoms. The maximum absolute atomic E-state index is 12.0. The Labute approximate surface area is 146 Å². The van der Waals surface area contributed by atoms with Gasteiger partial charge in [-0.15, -0.1) is 24.0 Å². The van der Waals surface area contributed by atoms with Crippen LogP contribution in [-0.4, -0.2) is 50.0 Å². The summed E-state index contributed by atoms with van der Waals surface area (Å²) in [5.41, 5.74) is 0. The number of rotatable bonds is 6. The van der Waals surface area contributed by atoms with Gasteiger partial charge in [-0.2, -0.15) is 0 Å². The van der Waals surface area contributed by atoms with Gasteiger partial charge >= 0.3 is 0 Å². The average molecular weight is 410 g/mol. The van der Waals surface area contributed by atoms with Crippen molar-refractivity contribution in [2.24, 2.45) is 10.9 Å². The summed E-state index contributed by atoms with van der Waals surface area (Å²) in [6.45, 7) is 7.45. The summed E-state index contributed by atoms with van der Waals surface area (Å²) in [6.07, 6.45) is 5.83. The topological polar surface area (TPSA) is 56.7 Å². The summed E-state index contributed by atoms with van der Waals surface area (Å²) in [6, 6.07) is 0. The lowest BCUT2D eigenvalue weighted by Gasteiger charge is -2.27. The predicted molar refractivity (Wildman–Crippen MR) is 99.3 cm³/mol. The molecule has 1 amide bonds. The minimum absolute atomic E-state index is 0. The Morgan fingerprint density at radius 1 is 1.14 bits per heavy atom. The van der Waals surface area contributed by atoms with Crippen LogP contribution in [0.15, 0.2) is 4.99 Å². The fourth-order valence-electron chi connectivity index (χ4n) is 2.45. The first-order valence-corrected chi connectivity index (χ1v) is 7.93. The Hall–Kier alpha value is -0.530. The SMILES string of the molecule is CCC(CC)CNC(=NC)NCC(=O)N1CCCCC1.I. The van der Waals surface area contributed by atoms with E-state index in [1.807, 2.05) is 4.90 Å². The average Bonchev–Trinajstić information content (AvgIpc) is 2.51. The molecule has 0 radical (unpaired) electrons. The first kappa shape index (κ1) is 20.5.